The van der Waals surface area contributed by atoms with Crippen LogP contribution in [0.25, 0.3) is 0 Å². The molecular weight excluding hydrogens is 280 g/mol. The van der Waals surface area contributed by atoms with Gasteiger partial charge in [-0.05, 0) is 37.0 Å². The number of benzene rings is 1. The van der Waals surface area contributed by atoms with E-state index in [0.717, 1.165) is 12.8 Å². The molecule has 0 N–H and O–H groups in total. The molecule has 5 heteroatoms. The van der Waals surface area contributed by atoms with Crippen LogP contribution in [0.15, 0.2) is 36.9 Å². The highest BCUT2D eigenvalue weighted by Crippen LogP contribution is 2.26. The van der Waals surface area contributed by atoms with Gasteiger partial charge in [0.05, 0.1) is 11.1 Å². The summed E-state index contributed by atoms with van der Waals surface area (Å²) in [6, 6.07) is 6.93. The molecular formula is C17H18N2O3. The predicted molar refractivity (Wildman–Crippen MR) is 81.3 cm³/mol. The normalized spacial score (nSPS) is 18.5. The van der Waals surface area contributed by atoms with E-state index in [0.29, 0.717) is 30.8 Å². The first-order valence-electron chi connectivity index (χ1n) is 7.48. The van der Waals surface area contributed by atoms with E-state index in [1.165, 1.54) is 11.0 Å². The van der Waals surface area contributed by atoms with Gasteiger partial charge in [0, 0.05) is 19.6 Å². The molecule has 0 bridgehead atoms. The fourth-order valence-corrected chi connectivity index (χ4v) is 3.13. The van der Waals surface area contributed by atoms with E-state index in [4.69, 9.17) is 0 Å². The lowest BCUT2D eigenvalue weighted by Gasteiger charge is -2.32. The molecule has 1 fully saturated rings. The van der Waals surface area contributed by atoms with Crippen LogP contribution in [0.5, 0.6) is 0 Å². The predicted octanol–water partition coefficient (Wildman–Crippen LogP) is 1.71. The number of piperidine rings is 1. The summed E-state index contributed by atoms with van der Waals surface area (Å²) in [7, 11) is 0. The molecule has 5 nitrogen and oxygen atoms in total. The van der Waals surface area contributed by atoms with Gasteiger partial charge in [-0.2, -0.15) is 0 Å². The number of hydrogen-bond acceptors (Lipinski definition) is 3. The Morgan fingerprint density at radius 1 is 1.14 bits per heavy atom. The Morgan fingerprint density at radius 3 is 2.18 bits per heavy atom. The molecule has 3 rings (SSSR count). The van der Waals surface area contributed by atoms with Gasteiger partial charge in [-0.3, -0.25) is 19.3 Å². The average molecular weight is 298 g/mol. The summed E-state index contributed by atoms with van der Waals surface area (Å²) in [6.45, 7) is 5.23. The summed E-state index contributed by atoms with van der Waals surface area (Å²) < 4.78 is 0. The molecule has 0 spiro atoms. The number of amides is 3. The fourth-order valence-electron chi connectivity index (χ4n) is 3.13. The van der Waals surface area contributed by atoms with Crippen molar-refractivity contribution >= 4 is 17.7 Å². The van der Waals surface area contributed by atoms with E-state index >= 15 is 0 Å². The van der Waals surface area contributed by atoms with Gasteiger partial charge in [0.1, 0.15) is 0 Å². The third kappa shape index (κ3) is 2.43. The van der Waals surface area contributed by atoms with E-state index in [-0.39, 0.29) is 23.6 Å². The van der Waals surface area contributed by atoms with Crippen molar-refractivity contribution < 1.29 is 14.4 Å². The molecule has 114 valence electrons. The van der Waals surface area contributed by atoms with Crippen LogP contribution in [0, 0.1) is 5.92 Å². The van der Waals surface area contributed by atoms with Gasteiger partial charge in [-0.1, -0.05) is 18.7 Å². The minimum absolute atomic E-state index is 0.0563. The molecule has 1 saturated heterocycles. The van der Waals surface area contributed by atoms with Crippen molar-refractivity contribution in [3.63, 3.8) is 0 Å². The maximum atomic E-state index is 12.3. The van der Waals surface area contributed by atoms with E-state index in [1.807, 2.05) is 0 Å². The number of likely N-dealkylation sites (tertiary alicyclic amines) is 1. The van der Waals surface area contributed by atoms with Gasteiger partial charge >= 0.3 is 0 Å². The molecule has 0 aliphatic carbocycles. The van der Waals surface area contributed by atoms with Crippen molar-refractivity contribution in [1.82, 2.24) is 9.80 Å². The number of nitrogens with zero attached hydrogens (tertiary/aromatic N) is 2. The summed E-state index contributed by atoms with van der Waals surface area (Å²) in [5.74, 6) is -0.217. The topological polar surface area (TPSA) is 57.7 Å². The molecule has 22 heavy (non-hydrogen) atoms. The van der Waals surface area contributed by atoms with Crippen LogP contribution in [0.1, 0.15) is 33.6 Å². The second-order valence-electron chi connectivity index (χ2n) is 5.74. The Hall–Kier alpha value is -2.43. The van der Waals surface area contributed by atoms with Crippen molar-refractivity contribution in [2.45, 2.75) is 12.8 Å². The van der Waals surface area contributed by atoms with E-state index < -0.39 is 0 Å². The number of carbonyl (C=O) groups excluding carboxylic acids is 3. The van der Waals surface area contributed by atoms with Crippen LogP contribution < -0.4 is 0 Å². The Labute approximate surface area is 129 Å². The molecule has 2 aliphatic rings. The zero-order valence-electron chi connectivity index (χ0n) is 12.3. The fraction of sp³-hybridized carbons (Fsp3) is 0.353. The first-order valence-corrected chi connectivity index (χ1v) is 7.48. The third-order valence-corrected chi connectivity index (χ3v) is 4.42. The zero-order chi connectivity index (χ0) is 15.7. The Kier molecular flexibility index (Phi) is 3.79. The molecule has 0 unspecified atom stereocenters. The first kappa shape index (κ1) is 14.5. The van der Waals surface area contributed by atoms with Gasteiger partial charge in [-0.15, -0.1) is 0 Å². The van der Waals surface area contributed by atoms with Gasteiger partial charge in [0.2, 0.25) is 5.91 Å². The molecule has 0 saturated carbocycles. The minimum Gasteiger partial charge on any atom is -0.339 e. The van der Waals surface area contributed by atoms with Gasteiger partial charge < -0.3 is 4.90 Å². The highest BCUT2D eigenvalue weighted by atomic mass is 16.2. The quantitative estimate of drug-likeness (QED) is 0.630. The number of rotatable bonds is 3. The second-order valence-corrected chi connectivity index (χ2v) is 5.74. The van der Waals surface area contributed by atoms with Crippen molar-refractivity contribution in [3.8, 4) is 0 Å². The summed E-state index contributed by atoms with van der Waals surface area (Å²) >= 11 is 0. The third-order valence-electron chi connectivity index (χ3n) is 4.42. The van der Waals surface area contributed by atoms with Crippen molar-refractivity contribution in [2.24, 2.45) is 5.92 Å². The number of hydrogen-bond donors (Lipinski definition) is 0. The largest absolute Gasteiger partial charge is 0.339 e. The van der Waals surface area contributed by atoms with Gasteiger partial charge in [-0.25, -0.2) is 0 Å². The molecule has 1 aromatic carbocycles. The summed E-state index contributed by atoms with van der Waals surface area (Å²) in [6.07, 6.45) is 2.92. The van der Waals surface area contributed by atoms with Crippen LogP contribution in [-0.2, 0) is 4.79 Å². The molecule has 2 heterocycles. The lowest BCUT2D eigenvalue weighted by molar-refractivity contribution is -0.127. The second kappa shape index (κ2) is 5.75. The van der Waals surface area contributed by atoms with Crippen LogP contribution in [-0.4, -0.2) is 47.2 Å². The highest BCUT2D eigenvalue weighted by molar-refractivity contribution is 6.21. The molecule has 1 aromatic rings. The monoisotopic (exact) mass is 298 g/mol. The van der Waals surface area contributed by atoms with Crippen LogP contribution in [0.4, 0.5) is 0 Å². The van der Waals surface area contributed by atoms with Gasteiger partial charge in [0.25, 0.3) is 11.8 Å². The molecule has 0 radical (unpaired) electrons. The highest BCUT2D eigenvalue weighted by Gasteiger charge is 2.36. The molecule has 3 amide bonds. The Balaban J connectivity index is 1.64. The lowest BCUT2D eigenvalue weighted by atomic mass is 9.96. The van der Waals surface area contributed by atoms with Crippen LogP contribution in [0.3, 0.4) is 0 Å². The van der Waals surface area contributed by atoms with Gasteiger partial charge in [0.15, 0.2) is 0 Å². The molecule has 0 atom stereocenters. The Bertz CT molecular complexity index is 610. The van der Waals surface area contributed by atoms with Crippen molar-refractivity contribution in [2.75, 3.05) is 19.6 Å². The number of imide groups is 1. The van der Waals surface area contributed by atoms with Crippen molar-refractivity contribution in [3.05, 3.63) is 48.0 Å². The zero-order valence-corrected chi connectivity index (χ0v) is 12.3. The minimum atomic E-state index is -0.204. The summed E-state index contributed by atoms with van der Waals surface area (Å²) in [5.41, 5.74) is 0.985. The number of carbonyl (C=O) groups is 3. The van der Waals surface area contributed by atoms with E-state index in [2.05, 4.69) is 6.58 Å². The van der Waals surface area contributed by atoms with Crippen molar-refractivity contribution in [1.29, 1.82) is 0 Å². The summed E-state index contributed by atoms with van der Waals surface area (Å²) in [5, 5.41) is 0. The first-order chi connectivity index (χ1) is 10.6. The standard InChI is InChI=1S/C17H18N2O3/c1-2-15(20)18-9-7-12(8-10-18)11-19-16(21)13-5-3-4-6-14(13)17(19)22/h2-6,12H,1,7-11H2. The van der Waals surface area contributed by atoms with Crippen LogP contribution in [0.2, 0.25) is 0 Å². The maximum Gasteiger partial charge on any atom is 0.261 e. The lowest BCUT2D eigenvalue weighted by Crippen LogP contribution is -2.42. The maximum absolute atomic E-state index is 12.3. The Morgan fingerprint density at radius 2 is 1.68 bits per heavy atom. The van der Waals surface area contributed by atoms with Crippen LogP contribution >= 0.6 is 0 Å². The summed E-state index contributed by atoms with van der Waals surface area (Å²) in [4.78, 5) is 39.3. The molecule has 0 aromatic heterocycles. The molecule has 2 aliphatic heterocycles. The van der Waals surface area contributed by atoms with E-state index in [1.54, 1.807) is 29.2 Å². The smallest absolute Gasteiger partial charge is 0.261 e. The SMILES string of the molecule is C=CC(=O)N1CCC(CN2C(=O)c3ccccc3C2=O)CC1. The van der Waals surface area contributed by atoms with E-state index in [9.17, 15) is 14.4 Å². The average Bonchev–Trinajstić information content (AvgIpc) is 2.80. The number of fused-ring (bicyclic) bond motifs is 1.